The van der Waals surface area contributed by atoms with Gasteiger partial charge in [0.2, 0.25) is 0 Å². The van der Waals surface area contributed by atoms with E-state index in [0.717, 1.165) is 35.9 Å². The third kappa shape index (κ3) is 2.67. The number of piperidine rings is 1. The van der Waals surface area contributed by atoms with E-state index in [4.69, 9.17) is 4.74 Å². The first-order valence-electron chi connectivity index (χ1n) is 5.64. The molecule has 1 fully saturated rings. The molecule has 1 aliphatic rings. The van der Waals surface area contributed by atoms with Crippen LogP contribution in [0.4, 0.5) is 5.82 Å². The summed E-state index contributed by atoms with van der Waals surface area (Å²) in [5.41, 5.74) is 0. The first-order valence-corrected chi connectivity index (χ1v) is 6.76. The number of alkyl halides is 1. The normalized spacial score (nSPS) is 20.9. The first kappa shape index (κ1) is 11.7. The molecule has 2 rings (SSSR count). The van der Waals surface area contributed by atoms with E-state index in [2.05, 4.69) is 25.8 Å². The van der Waals surface area contributed by atoms with Gasteiger partial charge in [-0.05, 0) is 30.9 Å². The fraction of sp³-hybridized carbons (Fsp3) is 0.583. The molecule has 4 heteroatoms. The lowest BCUT2D eigenvalue weighted by Gasteiger charge is -2.32. The average Bonchev–Trinajstić information content (AvgIpc) is 2.39. The molecule has 0 radical (unpaired) electrons. The molecule has 0 aliphatic carbocycles. The molecule has 1 saturated heterocycles. The minimum Gasteiger partial charge on any atom is -0.495 e. The Balaban J connectivity index is 2.05. The lowest BCUT2D eigenvalue weighted by atomic mass is 10.0. The molecule has 0 bridgehead atoms. The minimum absolute atomic E-state index is 0.748. The monoisotopic (exact) mass is 284 g/mol. The van der Waals surface area contributed by atoms with Crippen LogP contribution in [0.2, 0.25) is 0 Å². The van der Waals surface area contributed by atoms with Crippen molar-refractivity contribution in [3.05, 3.63) is 18.3 Å². The zero-order chi connectivity index (χ0) is 11.4. The molecule has 1 unspecified atom stereocenters. The van der Waals surface area contributed by atoms with Crippen LogP contribution in [0.3, 0.4) is 0 Å². The van der Waals surface area contributed by atoms with Gasteiger partial charge in [-0.2, -0.15) is 0 Å². The van der Waals surface area contributed by atoms with Crippen molar-refractivity contribution in [2.45, 2.75) is 12.8 Å². The molecular weight excluding hydrogens is 268 g/mol. The van der Waals surface area contributed by atoms with Crippen molar-refractivity contribution in [2.24, 2.45) is 5.92 Å². The molecule has 0 saturated carbocycles. The third-order valence-corrected chi connectivity index (χ3v) is 3.93. The Labute approximate surface area is 105 Å². The second-order valence-corrected chi connectivity index (χ2v) is 4.81. The molecule has 16 heavy (non-hydrogen) atoms. The van der Waals surface area contributed by atoms with Crippen LogP contribution in [0.5, 0.6) is 5.75 Å². The van der Waals surface area contributed by atoms with Crippen LogP contribution in [0, 0.1) is 5.92 Å². The van der Waals surface area contributed by atoms with Crippen LogP contribution in [-0.4, -0.2) is 30.5 Å². The molecule has 2 heterocycles. The van der Waals surface area contributed by atoms with Crippen molar-refractivity contribution in [1.82, 2.24) is 4.98 Å². The zero-order valence-corrected chi connectivity index (χ0v) is 11.1. The second-order valence-electron chi connectivity index (χ2n) is 4.16. The van der Waals surface area contributed by atoms with Crippen LogP contribution in [0.1, 0.15) is 12.8 Å². The van der Waals surface area contributed by atoms with Gasteiger partial charge in [-0.3, -0.25) is 0 Å². The number of methoxy groups -OCH3 is 1. The average molecular weight is 285 g/mol. The van der Waals surface area contributed by atoms with E-state index in [0.29, 0.717) is 0 Å². The van der Waals surface area contributed by atoms with Crippen LogP contribution >= 0.6 is 15.9 Å². The number of anilines is 1. The van der Waals surface area contributed by atoms with E-state index < -0.39 is 0 Å². The van der Waals surface area contributed by atoms with E-state index in [-0.39, 0.29) is 0 Å². The third-order valence-electron chi connectivity index (χ3n) is 3.02. The van der Waals surface area contributed by atoms with Gasteiger partial charge < -0.3 is 9.64 Å². The van der Waals surface area contributed by atoms with Crippen LogP contribution in [-0.2, 0) is 0 Å². The largest absolute Gasteiger partial charge is 0.495 e. The van der Waals surface area contributed by atoms with Gasteiger partial charge in [0.05, 0.1) is 13.3 Å². The highest BCUT2D eigenvalue weighted by atomic mass is 79.9. The number of nitrogens with zero attached hydrogens (tertiary/aromatic N) is 2. The Bertz CT molecular complexity index is 328. The molecule has 1 aromatic heterocycles. The van der Waals surface area contributed by atoms with Gasteiger partial charge in [0, 0.05) is 18.4 Å². The molecule has 0 spiro atoms. The highest BCUT2D eigenvalue weighted by Crippen LogP contribution is 2.23. The molecule has 0 N–H and O–H groups in total. The summed E-state index contributed by atoms with van der Waals surface area (Å²) in [6, 6.07) is 4.01. The Morgan fingerprint density at radius 2 is 2.44 bits per heavy atom. The molecular formula is C12H17BrN2O. The van der Waals surface area contributed by atoms with Crippen molar-refractivity contribution < 1.29 is 4.74 Å². The highest BCUT2D eigenvalue weighted by molar-refractivity contribution is 9.09. The Kier molecular flexibility index (Phi) is 4.04. The maximum Gasteiger partial charge on any atom is 0.137 e. The molecule has 0 amide bonds. The molecule has 1 atom stereocenters. The number of hydrogen-bond donors (Lipinski definition) is 0. The van der Waals surface area contributed by atoms with Gasteiger partial charge >= 0.3 is 0 Å². The van der Waals surface area contributed by atoms with E-state index in [1.807, 2.05) is 12.1 Å². The van der Waals surface area contributed by atoms with Gasteiger partial charge in [-0.1, -0.05) is 15.9 Å². The molecule has 0 aromatic carbocycles. The maximum absolute atomic E-state index is 5.11. The summed E-state index contributed by atoms with van der Waals surface area (Å²) in [7, 11) is 1.67. The number of rotatable bonds is 3. The fourth-order valence-corrected chi connectivity index (χ4v) is 2.61. The minimum atomic E-state index is 0.748. The van der Waals surface area contributed by atoms with Gasteiger partial charge in [-0.15, -0.1) is 0 Å². The van der Waals surface area contributed by atoms with Crippen molar-refractivity contribution in [3.8, 4) is 5.75 Å². The zero-order valence-electron chi connectivity index (χ0n) is 9.53. The standard InChI is InChI=1S/C12H17BrN2O/c1-16-11-4-5-12(14-8-11)15-6-2-3-10(7-13)9-15/h4-5,8,10H,2-3,6-7,9H2,1H3. The number of hydrogen-bond acceptors (Lipinski definition) is 3. The smallest absolute Gasteiger partial charge is 0.137 e. The Morgan fingerprint density at radius 3 is 3.06 bits per heavy atom. The summed E-state index contributed by atoms with van der Waals surface area (Å²) < 4.78 is 5.11. The quantitative estimate of drug-likeness (QED) is 0.798. The maximum atomic E-state index is 5.11. The van der Waals surface area contributed by atoms with Gasteiger partial charge in [-0.25, -0.2) is 4.98 Å². The molecule has 1 aromatic rings. The van der Waals surface area contributed by atoms with Crippen molar-refractivity contribution in [2.75, 3.05) is 30.4 Å². The predicted octanol–water partition coefficient (Wildman–Crippen LogP) is 2.70. The predicted molar refractivity (Wildman–Crippen MR) is 69.5 cm³/mol. The number of aromatic nitrogens is 1. The fourth-order valence-electron chi connectivity index (χ4n) is 2.08. The number of pyridine rings is 1. The number of ether oxygens (including phenoxy) is 1. The van der Waals surface area contributed by atoms with Gasteiger partial charge in [0.15, 0.2) is 0 Å². The summed E-state index contributed by atoms with van der Waals surface area (Å²) >= 11 is 3.57. The van der Waals surface area contributed by atoms with Crippen LogP contribution in [0.25, 0.3) is 0 Å². The molecule has 88 valence electrons. The van der Waals surface area contributed by atoms with Crippen LogP contribution in [0.15, 0.2) is 18.3 Å². The Morgan fingerprint density at radius 1 is 1.56 bits per heavy atom. The lowest BCUT2D eigenvalue weighted by Crippen LogP contribution is -2.36. The summed E-state index contributed by atoms with van der Waals surface area (Å²) in [4.78, 5) is 6.78. The van der Waals surface area contributed by atoms with Crippen LogP contribution < -0.4 is 9.64 Å². The van der Waals surface area contributed by atoms with E-state index in [1.165, 1.54) is 12.8 Å². The molecule has 3 nitrogen and oxygen atoms in total. The SMILES string of the molecule is COc1ccc(N2CCCC(CBr)C2)nc1. The summed E-state index contributed by atoms with van der Waals surface area (Å²) in [5.74, 6) is 2.63. The number of halogens is 1. The van der Waals surface area contributed by atoms with E-state index >= 15 is 0 Å². The topological polar surface area (TPSA) is 25.4 Å². The first-order chi connectivity index (χ1) is 7.83. The van der Waals surface area contributed by atoms with Crippen molar-refractivity contribution in [1.29, 1.82) is 0 Å². The van der Waals surface area contributed by atoms with Gasteiger partial charge in [0.25, 0.3) is 0 Å². The Hall–Kier alpha value is -0.770. The van der Waals surface area contributed by atoms with E-state index in [9.17, 15) is 0 Å². The highest BCUT2D eigenvalue weighted by Gasteiger charge is 2.19. The molecule has 1 aliphatic heterocycles. The van der Waals surface area contributed by atoms with Gasteiger partial charge in [0.1, 0.15) is 11.6 Å². The second kappa shape index (κ2) is 5.53. The van der Waals surface area contributed by atoms with Crippen molar-refractivity contribution in [3.63, 3.8) is 0 Å². The summed E-state index contributed by atoms with van der Waals surface area (Å²) in [6.45, 7) is 2.22. The van der Waals surface area contributed by atoms with Crippen molar-refractivity contribution >= 4 is 21.7 Å². The van der Waals surface area contributed by atoms with E-state index in [1.54, 1.807) is 13.3 Å². The summed E-state index contributed by atoms with van der Waals surface area (Å²) in [6.07, 6.45) is 4.36. The summed E-state index contributed by atoms with van der Waals surface area (Å²) in [5, 5.41) is 1.08. The lowest BCUT2D eigenvalue weighted by molar-refractivity contribution is 0.412.